The van der Waals surface area contributed by atoms with Crippen LogP contribution in [0.4, 0.5) is 13.2 Å². The van der Waals surface area contributed by atoms with Crippen LogP contribution >= 0.6 is 11.3 Å². The van der Waals surface area contributed by atoms with Gasteiger partial charge in [0.2, 0.25) is 0 Å². The maximum Gasteiger partial charge on any atom is 0.406 e. The Morgan fingerprint density at radius 3 is 2.55 bits per heavy atom. The van der Waals surface area contributed by atoms with Crippen LogP contribution in [0.15, 0.2) is 6.07 Å². The zero-order chi connectivity index (χ0) is 15.1. The summed E-state index contributed by atoms with van der Waals surface area (Å²) in [5.41, 5.74) is -1.64. The highest BCUT2D eigenvalue weighted by atomic mass is 32.1. The summed E-state index contributed by atoms with van der Waals surface area (Å²) in [5.74, 6) is -1.77. The molecule has 112 valence electrons. The molecule has 0 radical (unpaired) electrons. The molecule has 1 aromatic rings. The second kappa shape index (κ2) is 5.04. The minimum Gasteiger partial charge on any atom is -0.481 e. The molecule has 0 aliphatic carbocycles. The average Bonchev–Trinajstić information content (AvgIpc) is 2.84. The van der Waals surface area contributed by atoms with E-state index in [2.05, 4.69) is 0 Å². The summed E-state index contributed by atoms with van der Waals surface area (Å²) in [6.45, 7) is 3.93. The Labute approximate surface area is 119 Å². The molecule has 20 heavy (non-hydrogen) atoms. The van der Waals surface area contributed by atoms with Gasteiger partial charge in [-0.25, -0.2) is 0 Å². The molecule has 7 heteroatoms. The molecular weight excluding hydrogens is 291 g/mol. The number of likely N-dealkylation sites (tertiary alicyclic amines) is 1. The van der Waals surface area contributed by atoms with Crippen LogP contribution in [0.1, 0.15) is 21.7 Å². The molecule has 1 aliphatic heterocycles. The van der Waals surface area contributed by atoms with Crippen molar-refractivity contribution < 1.29 is 23.1 Å². The molecule has 0 bridgehead atoms. The maximum absolute atomic E-state index is 13.1. The van der Waals surface area contributed by atoms with Gasteiger partial charge in [-0.05, 0) is 31.9 Å². The van der Waals surface area contributed by atoms with E-state index in [1.165, 1.54) is 0 Å². The first-order valence-corrected chi connectivity index (χ1v) is 7.06. The highest BCUT2D eigenvalue weighted by Crippen LogP contribution is 2.46. The van der Waals surface area contributed by atoms with Crippen molar-refractivity contribution in [2.24, 2.45) is 5.41 Å². The van der Waals surface area contributed by atoms with E-state index < -0.39 is 24.1 Å². The second-order valence-electron chi connectivity index (χ2n) is 5.28. The SMILES string of the molecule is Cc1cc(CN2CCC(C(=O)O)(C(F)(F)F)C2)c(C)s1. The highest BCUT2D eigenvalue weighted by molar-refractivity contribution is 7.12. The molecule has 0 saturated carbocycles. The van der Waals surface area contributed by atoms with Gasteiger partial charge >= 0.3 is 12.1 Å². The van der Waals surface area contributed by atoms with E-state index >= 15 is 0 Å². The highest BCUT2D eigenvalue weighted by Gasteiger charge is 2.63. The lowest BCUT2D eigenvalue weighted by Crippen LogP contribution is -2.47. The first-order chi connectivity index (χ1) is 9.15. The minimum absolute atomic E-state index is 0.153. The summed E-state index contributed by atoms with van der Waals surface area (Å²) < 4.78 is 39.2. The Morgan fingerprint density at radius 2 is 2.15 bits per heavy atom. The third kappa shape index (κ3) is 2.56. The van der Waals surface area contributed by atoms with Gasteiger partial charge in [0.1, 0.15) is 0 Å². The number of rotatable bonds is 3. The van der Waals surface area contributed by atoms with Gasteiger partial charge < -0.3 is 5.11 Å². The molecule has 3 nitrogen and oxygen atoms in total. The molecule has 2 rings (SSSR count). The van der Waals surface area contributed by atoms with E-state index in [9.17, 15) is 18.0 Å². The Morgan fingerprint density at radius 1 is 1.50 bits per heavy atom. The number of aliphatic carboxylic acids is 1. The minimum atomic E-state index is -4.72. The molecule has 0 amide bonds. The molecule has 1 aromatic heterocycles. The molecule has 1 unspecified atom stereocenters. The van der Waals surface area contributed by atoms with Gasteiger partial charge in [0.15, 0.2) is 5.41 Å². The van der Waals surface area contributed by atoms with Gasteiger partial charge in [-0.3, -0.25) is 9.69 Å². The van der Waals surface area contributed by atoms with Crippen LogP contribution in [0.5, 0.6) is 0 Å². The first-order valence-electron chi connectivity index (χ1n) is 6.24. The third-order valence-corrected chi connectivity index (χ3v) is 4.85. The zero-order valence-corrected chi connectivity index (χ0v) is 12.1. The summed E-state index contributed by atoms with van der Waals surface area (Å²) in [7, 11) is 0. The van der Waals surface area contributed by atoms with Crippen molar-refractivity contribution in [3.05, 3.63) is 21.4 Å². The van der Waals surface area contributed by atoms with Crippen molar-refractivity contribution in [2.45, 2.75) is 33.0 Å². The predicted octanol–water partition coefficient (Wildman–Crippen LogP) is 3.20. The second-order valence-corrected chi connectivity index (χ2v) is 6.74. The predicted molar refractivity (Wildman–Crippen MR) is 69.8 cm³/mol. The summed E-state index contributed by atoms with van der Waals surface area (Å²) >= 11 is 1.60. The van der Waals surface area contributed by atoms with Crippen molar-refractivity contribution in [2.75, 3.05) is 13.1 Å². The number of hydrogen-bond donors (Lipinski definition) is 1. The number of hydrogen-bond acceptors (Lipinski definition) is 3. The number of halogens is 3. The smallest absolute Gasteiger partial charge is 0.406 e. The van der Waals surface area contributed by atoms with E-state index in [1.54, 1.807) is 16.2 Å². The zero-order valence-electron chi connectivity index (χ0n) is 11.3. The van der Waals surface area contributed by atoms with Gasteiger partial charge in [-0.2, -0.15) is 13.2 Å². The van der Waals surface area contributed by atoms with Crippen LogP contribution in [0.2, 0.25) is 0 Å². The molecule has 1 atom stereocenters. The normalized spacial score (nSPS) is 24.2. The molecule has 2 heterocycles. The lowest BCUT2D eigenvalue weighted by molar-refractivity contribution is -0.227. The standard InChI is InChI=1S/C13H16F3NO2S/c1-8-5-10(9(2)20-8)6-17-4-3-12(7-17,11(18)19)13(14,15)16/h5H,3-4,6-7H2,1-2H3,(H,18,19). The topological polar surface area (TPSA) is 40.5 Å². The van der Waals surface area contributed by atoms with Gasteiger partial charge in [0.25, 0.3) is 0 Å². The van der Waals surface area contributed by atoms with Gasteiger partial charge in [-0.15, -0.1) is 11.3 Å². The number of aryl methyl sites for hydroxylation is 2. The quantitative estimate of drug-likeness (QED) is 0.932. The summed E-state index contributed by atoms with van der Waals surface area (Å²) in [4.78, 5) is 14.9. The van der Waals surface area contributed by atoms with Crippen molar-refractivity contribution >= 4 is 17.3 Å². The number of thiophene rings is 1. The number of nitrogens with zero attached hydrogens (tertiary/aromatic N) is 1. The van der Waals surface area contributed by atoms with Gasteiger partial charge in [-0.1, -0.05) is 0 Å². The van der Waals surface area contributed by atoms with E-state index in [0.717, 1.165) is 15.3 Å². The molecule has 1 saturated heterocycles. The molecule has 1 N–H and O–H groups in total. The number of carbonyl (C=O) groups is 1. The Hall–Kier alpha value is -1.08. The largest absolute Gasteiger partial charge is 0.481 e. The first kappa shape index (κ1) is 15.3. The van der Waals surface area contributed by atoms with Crippen LogP contribution in [0.25, 0.3) is 0 Å². The van der Waals surface area contributed by atoms with E-state index in [1.807, 2.05) is 19.9 Å². The average molecular weight is 307 g/mol. The van der Waals surface area contributed by atoms with Crippen LogP contribution in [0.3, 0.4) is 0 Å². The Bertz CT molecular complexity index is 526. The van der Waals surface area contributed by atoms with Crippen molar-refractivity contribution in [3.63, 3.8) is 0 Å². The van der Waals surface area contributed by atoms with Crippen molar-refractivity contribution in [1.82, 2.24) is 4.90 Å². The van der Waals surface area contributed by atoms with E-state index in [4.69, 9.17) is 5.11 Å². The fourth-order valence-corrected chi connectivity index (χ4v) is 3.57. The molecule has 1 aliphatic rings. The molecular formula is C13H16F3NO2S. The lowest BCUT2D eigenvalue weighted by atomic mass is 9.86. The number of alkyl halides is 3. The molecule has 0 aromatic carbocycles. The molecule has 1 fully saturated rings. The van der Waals surface area contributed by atoms with E-state index in [0.29, 0.717) is 6.54 Å². The van der Waals surface area contributed by atoms with Crippen LogP contribution in [0, 0.1) is 19.3 Å². The summed E-state index contributed by atoms with van der Waals surface area (Å²) in [6.07, 6.45) is -5.10. The maximum atomic E-state index is 13.1. The summed E-state index contributed by atoms with van der Waals surface area (Å²) in [5, 5.41) is 9.00. The molecule has 0 spiro atoms. The summed E-state index contributed by atoms with van der Waals surface area (Å²) in [6, 6.07) is 1.95. The van der Waals surface area contributed by atoms with Crippen LogP contribution < -0.4 is 0 Å². The van der Waals surface area contributed by atoms with Crippen LogP contribution in [-0.4, -0.2) is 35.2 Å². The number of carboxylic acid groups (broad SMARTS) is 1. The van der Waals surface area contributed by atoms with Gasteiger partial charge in [0, 0.05) is 29.4 Å². The Kier molecular flexibility index (Phi) is 3.85. The fourth-order valence-electron chi connectivity index (χ4n) is 2.63. The fraction of sp³-hybridized carbons (Fsp3) is 0.615. The lowest BCUT2D eigenvalue weighted by Gasteiger charge is -2.27. The monoisotopic (exact) mass is 307 g/mol. The van der Waals surface area contributed by atoms with Crippen molar-refractivity contribution in [3.8, 4) is 0 Å². The van der Waals surface area contributed by atoms with Gasteiger partial charge in [0.05, 0.1) is 0 Å². The van der Waals surface area contributed by atoms with Crippen molar-refractivity contribution in [1.29, 1.82) is 0 Å². The van der Waals surface area contributed by atoms with E-state index in [-0.39, 0.29) is 13.0 Å². The Balaban J connectivity index is 2.15. The number of carboxylic acids is 1. The van der Waals surface area contributed by atoms with Crippen LogP contribution in [-0.2, 0) is 11.3 Å². The third-order valence-electron chi connectivity index (χ3n) is 3.84.